The van der Waals surface area contributed by atoms with Crippen LogP contribution in [0.25, 0.3) is 0 Å². The lowest BCUT2D eigenvalue weighted by Crippen LogP contribution is -2.38. The van der Waals surface area contributed by atoms with Crippen molar-refractivity contribution in [1.29, 1.82) is 5.26 Å². The topological polar surface area (TPSA) is 52.8 Å². The van der Waals surface area contributed by atoms with Crippen LogP contribution in [0.15, 0.2) is 6.07 Å². The van der Waals surface area contributed by atoms with Crippen molar-refractivity contribution in [1.82, 2.24) is 9.97 Å². The van der Waals surface area contributed by atoms with E-state index in [1.807, 2.05) is 14.0 Å². The fourth-order valence-electron chi connectivity index (χ4n) is 2.70. The van der Waals surface area contributed by atoms with Crippen LogP contribution in [0.2, 0.25) is 0 Å². The molecule has 0 unspecified atom stereocenters. The van der Waals surface area contributed by atoms with Gasteiger partial charge in [-0.2, -0.15) is 5.26 Å². The number of nitrogens with zero attached hydrogens (tertiary/aromatic N) is 4. The normalized spacial score (nSPS) is 18.9. The van der Waals surface area contributed by atoms with Gasteiger partial charge in [-0.25, -0.2) is 9.97 Å². The summed E-state index contributed by atoms with van der Waals surface area (Å²) in [7, 11) is 2.04. The van der Waals surface area contributed by atoms with Crippen LogP contribution in [-0.2, 0) is 0 Å². The van der Waals surface area contributed by atoms with E-state index in [-0.39, 0.29) is 0 Å². The highest BCUT2D eigenvalue weighted by atomic mass is 15.3. The summed E-state index contributed by atoms with van der Waals surface area (Å²) in [4.78, 5) is 10.9. The van der Waals surface area contributed by atoms with Gasteiger partial charge in [-0.3, -0.25) is 0 Å². The zero-order valence-electron chi connectivity index (χ0n) is 12.3. The molecule has 102 valence electrons. The monoisotopic (exact) mass is 258 g/mol. The van der Waals surface area contributed by atoms with Crippen LogP contribution in [-0.4, -0.2) is 23.1 Å². The van der Waals surface area contributed by atoms with Gasteiger partial charge >= 0.3 is 0 Å². The first-order chi connectivity index (χ1) is 8.91. The highest BCUT2D eigenvalue weighted by Gasteiger charge is 2.29. The number of anilines is 1. The summed E-state index contributed by atoms with van der Waals surface area (Å²) in [6, 6.07) is 4.31. The molecule has 2 rings (SSSR count). The zero-order chi connectivity index (χ0) is 14.0. The SMILES string of the molecule is Cc1cc(C#N)nc(N(C)C2CCC(C)(C)CC2)n1. The lowest BCUT2D eigenvalue weighted by Gasteiger charge is -2.38. The molecule has 0 spiro atoms. The molecule has 0 amide bonds. The van der Waals surface area contributed by atoms with Crippen molar-refractivity contribution in [2.24, 2.45) is 5.41 Å². The molecule has 0 aliphatic heterocycles. The van der Waals surface area contributed by atoms with E-state index in [1.165, 1.54) is 25.7 Å². The summed E-state index contributed by atoms with van der Waals surface area (Å²) in [6.07, 6.45) is 4.81. The minimum atomic E-state index is 0.450. The van der Waals surface area contributed by atoms with Gasteiger partial charge in [0.1, 0.15) is 11.8 Å². The van der Waals surface area contributed by atoms with Crippen LogP contribution < -0.4 is 4.90 Å². The van der Waals surface area contributed by atoms with Crippen LogP contribution in [0.1, 0.15) is 50.9 Å². The van der Waals surface area contributed by atoms with Crippen LogP contribution in [0, 0.1) is 23.7 Å². The number of rotatable bonds is 2. The first kappa shape index (κ1) is 13.8. The zero-order valence-corrected chi connectivity index (χ0v) is 12.3. The van der Waals surface area contributed by atoms with Gasteiger partial charge in [0.15, 0.2) is 0 Å². The van der Waals surface area contributed by atoms with Crippen LogP contribution >= 0.6 is 0 Å². The van der Waals surface area contributed by atoms with Gasteiger partial charge in [0.05, 0.1) is 0 Å². The number of hydrogen-bond acceptors (Lipinski definition) is 4. The maximum atomic E-state index is 8.99. The van der Waals surface area contributed by atoms with Crippen LogP contribution in [0.3, 0.4) is 0 Å². The second kappa shape index (κ2) is 5.16. The van der Waals surface area contributed by atoms with Crippen molar-refractivity contribution in [3.63, 3.8) is 0 Å². The molecular weight excluding hydrogens is 236 g/mol. The van der Waals surface area contributed by atoms with E-state index in [2.05, 4.69) is 34.8 Å². The number of aryl methyl sites for hydroxylation is 1. The maximum absolute atomic E-state index is 8.99. The van der Waals surface area contributed by atoms with Gasteiger partial charge in [-0.05, 0) is 44.1 Å². The van der Waals surface area contributed by atoms with Gasteiger partial charge in [0.2, 0.25) is 5.95 Å². The molecule has 19 heavy (non-hydrogen) atoms. The Morgan fingerprint density at radius 2 is 1.95 bits per heavy atom. The fourth-order valence-corrected chi connectivity index (χ4v) is 2.70. The summed E-state index contributed by atoms with van der Waals surface area (Å²) in [6.45, 7) is 6.57. The molecule has 0 N–H and O–H groups in total. The van der Waals surface area contributed by atoms with E-state index in [0.717, 1.165) is 5.69 Å². The summed E-state index contributed by atoms with van der Waals surface area (Å²) in [5.74, 6) is 0.682. The van der Waals surface area contributed by atoms with E-state index in [4.69, 9.17) is 5.26 Å². The van der Waals surface area contributed by atoms with Crippen molar-refractivity contribution in [3.8, 4) is 6.07 Å². The van der Waals surface area contributed by atoms with Gasteiger partial charge < -0.3 is 4.90 Å². The molecule has 0 aromatic carbocycles. The smallest absolute Gasteiger partial charge is 0.226 e. The highest BCUT2D eigenvalue weighted by Crippen LogP contribution is 2.37. The number of nitriles is 1. The summed E-state index contributed by atoms with van der Waals surface area (Å²) < 4.78 is 0. The average Bonchev–Trinajstić information content (AvgIpc) is 2.37. The predicted octanol–water partition coefficient (Wildman–Crippen LogP) is 3.06. The molecule has 1 fully saturated rings. The molecule has 1 aliphatic carbocycles. The summed E-state index contributed by atoms with van der Waals surface area (Å²) >= 11 is 0. The molecule has 1 aliphatic rings. The number of hydrogen-bond donors (Lipinski definition) is 0. The third kappa shape index (κ3) is 3.23. The molecule has 0 radical (unpaired) electrons. The Kier molecular flexibility index (Phi) is 3.75. The molecular formula is C15H22N4. The first-order valence-corrected chi connectivity index (χ1v) is 6.90. The van der Waals surface area contributed by atoms with E-state index in [1.54, 1.807) is 6.07 Å². The Labute approximate surface area is 115 Å². The van der Waals surface area contributed by atoms with Crippen molar-refractivity contribution in [2.75, 3.05) is 11.9 Å². The van der Waals surface area contributed by atoms with E-state index < -0.39 is 0 Å². The van der Waals surface area contributed by atoms with Gasteiger partial charge in [-0.15, -0.1) is 0 Å². The molecule has 4 nitrogen and oxygen atoms in total. The minimum Gasteiger partial charge on any atom is -0.341 e. The Morgan fingerprint density at radius 1 is 1.32 bits per heavy atom. The van der Waals surface area contributed by atoms with Crippen LogP contribution in [0.5, 0.6) is 0 Å². The third-order valence-electron chi connectivity index (χ3n) is 4.13. The lowest BCUT2D eigenvalue weighted by molar-refractivity contribution is 0.222. The largest absolute Gasteiger partial charge is 0.341 e. The van der Waals surface area contributed by atoms with Gasteiger partial charge in [0.25, 0.3) is 0 Å². The predicted molar refractivity (Wildman–Crippen MR) is 75.9 cm³/mol. The van der Waals surface area contributed by atoms with Crippen molar-refractivity contribution < 1.29 is 0 Å². The van der Waals surface area contributed by atoms with Gasteiger partial charge in [0, 0.05) is 18.8 Å². The Morgan fingerprint density at radius 3 is 2.53 bits per heavy atom. The Balaban J connectivity index is 2.14. The number of aromatic nitrogens is 2. The molecule has 1 heterocycles. The van der Waals surface area contributed by atoms with Crippen LogP contribution in [0.4, 0.5) is 5.95 Å². The van der Waals surface area contributed by atoms with Crippen molar-refractivity contribution in [2.45, 2.75) is 52.5 Å². The Bertz CT molecular complexity index is 491. The first-order valence-electron chi connectivity index (χ1n) is 6.90. The average molecular weight is 258 g/mol. The second-order valence-electron chi connectivity index (χ2n) is 6.31. The fraction of sp³-hybridized carbons (Fsp3) is 0.667. The van der Waals surface area contributed by atoms with Crippen molar-refractivity contribution >= 4 is 5.95 Å². The standard InChI is InChI=1S/C15H22N4/c1-11-9-12(10-16)18-14(17-11)19(4)13-5-7-15(2,3)8-6-13/h9,13H,5-8H2,1-4H3. The van der Waals surface area contributed by atoms with Gasteiger partial charge in [-0.1, -0.05) is 13.8 Å². The molecule has 0 atom stereocenters. The molecule has 1 aromatic heterocycles. The quantitative estimate of drug-likeness (QED) is 0.818. The van der Waals surface area contributed by atoms with E-state index in [9.17, 15) is 0 Å². The highest BCUT2D eigenvalue weighted by molar-refractivity contribution is 5.36. The molecule has 1 saturated carbocycles. The molecule has 1 aromatic rings. The van der Waals surface area contributed by atoms with E-state index >= 15 is 0 Å². The molecule has 4 heteroatoms. The summed E-state index contributed by atoms with van der Waals surface area (Å²) in [5.41, 5.74) is 1.76. The molecule has 0 saturated heterocycles. The maximum Gasteiger partial charge on any atom is 0.226 e. The lowest BCUT2D eigenvalue weighted by atomic mass is 9.75. The molecule has 0 bridgehead atoms. The second-order valence-corrected chi connectivity index (χ2v) is 6.31. The third-order valence-corrected chi connectivity index (χ3v) is 4.13. The van der Waals surface area contributed by atoms with E-state index in [0.29, 0.717) is 23.1 Å². The summed E-state index contributed by atoms with van der Waals surface area (Å²) in [5, 5.41) is 8.99. The minimum absolute atomic E-state index is 0.450. The van der Waals surface area contributed by atoms with Crippen molar-refractivity contribution in [3.05, 3.63) is 17.5 Å². The Hall–Kier alpha value is -1.63.